The van der Waals surface area contributed by atoms with Gasteiger partial charge in [-0.15, -0.1) is 0 Å². The van der Waals surface area contributed by atoms with Crippen molar-refractivity contribution in [2.45, 2.75) is 89.8 Å². The van der Waals surface area contributed by atoms with E-state index in [9.17, 15) is 0 Å². The lowest BCUT2D eigenvalue weighted by molar-refractivity contribution is -0.0277. The maximum Gasteiger partial charge on any atom is 0.0332 e. The monoisotopic (exact) mass is 252 g/mol. The van der Waals surface area contributed by atoms with E-state index in [1.807, 2.05) is 0 Å². The summed E-state index contributed by atoms with van der Waals surface area (Å²) in [6, 6.07) is 0.726. The fourth-order valence-corrected chi connectivity index (χ4v) is 4.14. The van der Waals surface area contributed by atoms with Crippen LogP contribution in [0.15, 0.2) is 0 Å². The van der Waals surface area contributed by atoms with Gasteiger partial charge in [0.05, 0.1) is 0 Å². The van der Waals surface area contributed by atoms with Gasteiger partial charge in [0.2, 0.25) is 0 Å². The SMILES string of the molecule is CCC(C)N1CC2(CCCC2)NCC1(CC)CC. The molecule has 106 valence electrons. The Morgan fingerprint density at radius 1 is 1.11 bits per heavy atom. The average molecular weight is 252 g/mol. The highest BCUT2D eigenvalue weighted by molar-refractivity contribution is 5.07. The minimum atomic E-state index is 0.406. The van der Waals surface area contributed by atoms with Crippen LogP contribution in [0.5, 0.6) is 0 Å². The molecule has 1 aliphatic carbocycles. The van der Waals surface area contributed by atoms with Crippen LogP contribution in [0, 0.1) is 0 Å². The Morgan fingerprint density at radius 2 is 1.72 bits per heavy atom. The summed E-state index contributed by atoms with van der Waals surface area (Å²) in [5, 5.41) is 3.95. The molecule has 2 aliphatic rings. The number of piperazine rings is 1. The average Bonchev–Trinajstić information content (AvgIpc) is 2.87. The first-order valence-electron chi connectivity index (χ1n) is 8.13. The Bertz CT molecular complexity index is 264. The standard InChI is InChI=1S/C16H32N2/c1-5-14(4)18-13-15(10-8-9-11-15)17-12-16(18,6-2)7-3/h14,17H,5-13H2,1-4H3. The topological polar surface area (TPSA) is 15.3 Å². The lowest BCUT2D eigenvalue weighted by Gasteiger charge is -2.56. The van der Waals surface area contributed by atoms with Crippen molar-refractivity contribution in [3.8, 4) is 0 Å². The van der Waals surface area contributed by atoms with Gasteiger partial charge in [-0.05, 0) is 39.0 Å². The van der Waals surface area contributed by atoms with Crippen LogP contribution in [0.3, 0.4) is 0 Å². The van der Waals surface area contributed by atoms with Crippen molar-refractivity contribution in [2.75, 3.05) is 13.1 Å². The van der Waals surface area contributed by atoms with Crippen molar-refractivity contribution in [1.82, 2.24) is 10.2 Å². The van der Waals surface area contributed by atoms with Gasteiger partial charge < -0.3 is 5.32 Å². The zero-order valence-corrected chi connectivity index (χ0v) is 12.9. The first-order valence-corrected chi connectivity index (χ1v) is 8.13. The minimum absolute atomic E-state index is 0.406. The molecular formula is C16H32N2. The molecule has 1 saturated heterocycles. The molecule has 2 nitrogen and oxygen atoms in total. The van der Waals surface area contributed by atoms with Crippen molar-refractivity contribution in [2.24, 2.45) is 0 Å². The van der Waals surface area contributed by atoms with Gasteiger partial charge in [0.15, 0.2) is 0 Å². The van der Waals surface area contributed by atoms with Gasteiger partial charge in [-0.2, -0.15) is 0 Å². The van der Waals surface area contributed by atoms with Gasteiger partial charge >= 0.3 is 0 Å². The van der Waals surface area contributed by atoms with Gasteiger partial charge in [0.25, 0.3) is 0 Å². The Balaban J connectivity index is 2.19. The normalized spacial score (nSPS) is 28.7. The predicted molar refractivity (Wildman–Crippen MR) is 79.0 cm³/mol. The first-order chi connectivity index (χ1) is 8.61. The fourth-order valence-electron chi connectivity index (χ4n) is 4.14. The minimum Gasteiger partial charge on any atom is -0.308 e. The molecular weight excluding hydrogens is 220 g/mol. The predicted octanol–water partition coefficient (Wildman–Crippen LogP) is 3.56. The van der Waals surface area contributed by atoms with Crippen LogP contribution in [-0.4, -0.2) is 35.1 Å². The van der Waals surface area contributed by atoms with E-state index < -0.39 is 0 Å². The molecule has 2 rings (SSSR count). The lowest BCUT2D eigenvalue weighted by atomic mass is 9.81. The largest absolute Gasteiger partial charge is 0.308 e. The molecule has 0 aromatic heterocycles. The molecule has 1 heterocycles. The maximum absolute atomic E-state index is 3.95. The summed E-state index contributed by atoms with van der Waals surface area (Å²) in [7, 11) is 0. The molecule has 2 heteroatoms. The third-order valence-corrected chi connectivity index (χ3v) is 5.87. The highest BCUT2D eigenvalue weighted by atomic mass is 15.3. The zero-order chi connectivity index (χ0) is 13.2. The molecule has 18 heavy (non-hydrogen) atoms. The van der Waals surface area contributed by atoms with Gasteiger partial charge in [0.1, 0.15) is 0 Å². The molecule has 1 saturated carbocycles. The Kier molecular flexibility index (Phi) is 4.38. The van der Waals surface area contributed by atoms with E-state index >= 15 is 0 Å². The Morgan fingerprint density at radius 3 is 2.22 bits per heavy atom. The van der Waals surface area contributed by atoms with E-state index in [1.54, 1.807) is 0 Å². The van der Waals surface area contributed by atoms with Crippen molar-refractivity contribution < 1.29 is 0 Å². The van der Waals surface area contributed by atoms with Crippen molar-refractivity contribution in [1.29, 1.82) is 0 Å². The number of rotatable bonds is 4. The van der Waals surface area contributed by atoms with E-state index in [4.69, 9.17) is 0 Å². The highest BCUT2D eigenvalue weighted by Crippen LogP contribution is 2.39. The Labute approximate surface area is 114 Å². The molecule has 0 amide bonds. The van der Waals surface area contributed by atoms with E-state index in [2.05, 4.69) is 37.9 Å². The molecule has 1 aliphatic heterocycles. The summed E-state index contributed by atoms with van der Waals surface area (Å²) in [4.78, 5) is 2.86. The number of nitrogens with one attached hydrogen (secondary N) is 1. The van der Waals surface area contributed by atoms with Crippen LogP contribution in [0.4, 0.5) is 0 Å². The highest BCUT2D eigenvalue weighted by Gasteiger charge is 2.47. The molecule has 1 spiro atoms. The summed E-state index contributed by atoms with van der Waals surface area (Å²) in [6.45, 7) is 12.0. The van der Waals surface area contributed by atoms with Crippen LogP contribution >= 0.6 is 0 Å². The lowest BCUT2D eigenvalue weighted by Crippen LogP contribution is -2.70. The maximum atomic E-state index is 3.95. The molecule has 0 aromatic carbocycles. The van der Waals surface area contributed by atoms with Gasteiger partial charge in [-0.3, -0.25) is 4.90 Å². The molecule has 1 unspecified atom stereocenters. The Hall–Kier alpha value is -0.0800. The molecule has 0 bridgehead atoms. The van der Waals surface area contributed by atoms with Crippen LogP contribution in [0.25, 0.3) is 0 Å². The molecule has 0 radical (unpaired) electrons. The van der Waals surface area contributed by atoms with E-state index in [0.29, 0.717) is 11.1 Å². The van der Waals surface area contributed by atoms with Crippen molar-refractivity contribution in [3.63, 3.8) is 0 Å². The van der Waals surface area contributed by atoms with Crippen LogP contribution in [0.2, 0.25) is 0 Å². The van der Waals surface area contributed by atoms with E-state index in [-0.39, 0.29) is 0 Å². The smallest absolute Gasteiger partial charge is 0.0332 e. The van der Waals surface area contributed by atoms with Crippen molar-refractivity contribution in [3.05, 3.63) is 0 Å². The third kappa shape index (κ3) is 2.34. The summed E-state index contributed by atoms with van der Waals surface area (Å²) in [6.07, 6.45) is 9.46. The van der Waals surface area contributed by atoms with Crippen LogP contribution in [0.1, 0.15) is 72.6 Å². The van der Waals surface area contributed by atoms with Gasteiger partial charge in [0, 0.05) is 30.2 Å². The van der Waals surface area contributed by atoms with Crippen molar-refractivity contribution >= 4 is 0 Å². The summed E-state index contributed by atoms with van der Waals surface area (Å²) in [5.41, 5.74) is 0.862. The van der Waals surface area contributed by atoms with E-state index in [1.165, 1.54) is 58.0 Å². The van der Waals surface area contributed by atoms with Gasteiger partial charge in [-0.1, -0.05) is 33.6 Å². The summed E-state index contributed by atoms with van der Waals surface area (Å²) < 4.78 is 0. The number of hydrogen-bond acceptors (Lipinski definition) is 2. The van der Waals surface area contributed by atoms with Crippen LogP contribution < -0.4 is 5.32 Å². The quantitative estimate of drug-likeness (QED) is 0.823. The molecule has 2 fully saturated rings. The number of hydrogen-bond donors (Lipinski definition) is 1. The molecule has 1 N–H and O–H groups in total. The second-order valence-electron chi connectivity index (χ2n) is 6.66. The molecule has 0 aromatic rings. The number of nitrogens with zero attached hydrogens (tertiary/aromatic N) is 1. The molecule has 1 atom stereocenters. The van der Waals surface area contributed by atoms with Crippen LogP contribution in [-0.2, 0) is 0 Å². The fraction of sp³-hybridized carbons (Fsp3) is 1.00. The van der Waals surface area contributed by atoms with Gasteiger partial charge in [-0.25, -0.2) is 0 Å². The third-order valence-electron chi connectivity index (χ3n) is 5.87. The first kappa shape index (κ1) is 14.3. The zero-order valence-electron chi connectivity index (χ0n) is 12.9. The van der Waals surface area contributed by atoms with E-state index in [0.717, 1.165) is 6.04 Å². The summed E-state index contributed by atoms with van der Waals surface area (Å²) in [5.74, 6) is 0. The second-order valence-corrected chi connectivity index (χ2v) is 6.66. The summed E-state index contributed by atoms with van der Waals surface area (Å²) >= 11 is 0. The second kappa shape index (κ2) is 5.50.